The van der Waals surface area contributed by atoms with Crippen molar-refractivity contribution < 1.29 is 23.0 Å². The standard InChI is InChI=1S/C18H26F2N2O3/c1-18(2)12-22(9-14-15(19)6-5-7-16(14)20)8-13(25-18)10-24-11-17(23)21(3)4/h5-7,13H,8-12H2,1-4H3. The molecule has 0 spiro atoms. The van der Waals surface area contributed by atoms with Gasteiger partial charge in [0.05, 0.1) is 18.3 Å². The molecule has 1 amide bonds. The maximum Gasteiger partial charge on any atom is 0.248 e. The van der Waals surface area contributed by atoms with Crippen molar-refractivity contribution in [1.29, 1.82) is 0 Å². The zero-order chi connectivity index (χ0) is 18.6. The van der Waals surface area contributed by atoms with Crippen molar-refractivity contribution in [2.75, 3.05) is 40.4 Å². The van der Waals surface area contributed by atoms with Crippen LogP contribution in [-0.2, 0) is 20.8 Å². The van der Waals surface area contributed by atoms with Gasteiger partial charge in [0, 0.05) is 39.3 Å². The first-order valence-corrected chi connectivity index (χ1v) is 8.29. The number of halogens is 2. The minimum absolute atomic E-state index is 0.0186. The molecule has 2 rings (SSSR count). The molecule has 1 atom stereocenters. The van der Waals surface area contributed by atoms with Gasteiger partial charge < -0.3 is 14.4 Å². The van der Waals surface area contributed by atoms with E-state index in [-0.39, 0.29) is 37.3 Å². The maximum absolute atomic E-state index is 13.9. The molecule has 140 valence electrons. The second-order valence-corrected chi connectivity index (χ2v) is 7.17. The van der Waals surface area contributed by atoms with Crippen LogP contribution in [0, 0.1) is 11.6 Å². The summed E-state index contributed by atoms with van der Waals surface area (Å²) in [5.41, 5.74) is -0.415. The van der Waals surface area contributed by atoms with Gasteiger partial charge in [0.1, 0.15) is 18.2 Å². The molecule has 1 aromatic carbocycles. The molecule has 1 aromatic rings. The second kappa shape index (κ2) is 8.21. The molecular weight excluding hydrogens is 330 g/mol. The Hall–Kier alpha value is -1.57. The predicted octanol–water partition coefficient (Wildman–Crippen LogP) is 2.05. The summed E-state index contributed by atoms with van der Waals surface area (Å²) in [6.45, 7) is 5.28. The Balaban J connectivity index is 1.97. The van der Waals surface area contributed by atoms with Crippen molar-refractivity contribution in [3.05, 3.63) is 35.4 Å². The van der Waals surface area contributed by atoms with Gasteiger partial charge >= 0.3 is 0 Å². The van der Waals surface area contributed by atoms with Crippen molar-refractivity contribution in [2.45, 2.75) is 32.1 Å². The summed E-state index contributed by atoms with van der Waals surface area (Å²) in [5, 5.41) is 0. The van der Waals surface area contributed by atoms with Crippen LogP contribution in [0.5, 0.6) is 0 Å². The normalized spacial score (nSPS) is 20.5. The number of hydrogen-bond donors (Lipinski definition) is 0. The van der Waals surface area contributed by atoms with Crippen molar-refractivity contribution in [3.63, 3.8) is 0 Å². The SMILES string of the molecule is CN(C)C(=O)COCC1CN(Cc2c(F)cccc2F)CC(C)(C)O1. The summed E-state index contributed by atoms with van der Waals surface area (Å²) in [7, 11) is 3.33. The van der Waals surface area contributed by atoms with Gasteiger partial charge in [-0.1, -0.05) is 6.07 Å². The number of benzene rings is 1. The number of morpholine rings is 1. The highest BCUT2D eigenvalue weighted by Gasteiger charge is 2.34. The highest BCUT2D eigenvalue weighted by molar-refractivity contribution is 5.76. The van der Waals surface area contributed by atoms with E-state index >= 15 is 0 Å². The van der Waals surface area contributed by atoms with Crippen LogP contribution in [0.25, 0.3) is 0 Å². The number of amides is 1. The Bertz CT molecular complexity index is 588. The van der Waals surface area contributed by atoms with Crippen molar-refractivity contribution >= 4 is 5.91 Å². The summed E-state index contributed by atoms with van der Waals surface area (Å²) in [4.78, 5) is 15.0. The molecule has 1 heterocycles. The van der Waals surface area contributed by atoms with E-state index in [1.54, 1.807) is 14.1 Å². The lowest BCUT2D eigenvalue weighted by Gasteiger charge is -2.42. The van der Waals surface area contributed by atoms with E-state index < -0.39 is 17.2 Å². The molecule has 0 aliphatic carbocycles. The van der Waals surface area contributed by atoms with Gasteiger partial charge in [0.25, 0.3) is 0 Å². The molecule has 25 heavy (non-hydrogen) atoms. The molecule has 0 N–H and O–H groups in total. The fourth-order valence-electron chi connectivity index (χ4n) is 2.94. The lowest BCUT2D eigenvalue weighted by molar-refractivity contribution is -0.161. The summed E-state index contributed by atoms with van der Waals surface area (Å²) >= 11 is 0. The van der Waals surface area contributed by atoms with Crippen LogP contribution in [0.1, 0.15) is 19.4 Å². The molecule has 1 aliphatic rings. The number of carbonyl (C=O) groups excluding carboxylic acids is 1. The first-order chi connectivity index (χ1) is 11.7. The van der Waals surface area contributed by atoms with Gasteiger partial charge in [-0.25, -0.2) is 8.78 Å². The molecule has 1 unspecified atom stereocenters. The fourth-order valence-corrected chi connectivity index (χ4v) is 2.94. The minimum atomic E-state index is -0.548. The molecular formula is C18H26F2N2O3. The highest BCUT2D eigenvalue weighted by atomic mass is 19.1. The van der Waals surface area contributed by atoms with E-state index in [2.05, 4.69) is 0 Å². The third kappa shape index (κ3) is 5.73. The van der Waals surface area contributed by atoms with Crippen molar-refractivity contribution in [3.8, 4) is 0 Å². The van der Waals surface area contributed by atoms with Crippen LogP contribution in [0.15, 0.2) is 18.2 Å². The van der Waals surface area contributed by atoms with E-state index in [9.17, 15) is 13.6 Å². The van der Waals surface area contributed by atoms with E-state index in [1.807, 2.05) is 18.7 Å². The Kier molecular flexibility index (Phi) is 6.48. The number of ether oxygens (including phenoxy) is 2. The number of nitrogens with zero attached hydrogens (tertiary/aromatic N) is 2. The van der Waals surface area contributed by atoms with Crippen LogP contribution in [0.4, 0.5) is 8.78 Å². The quantitative estimate of drug-likeness (QED) is 0.782. The Morgan fingerprint density at radius 2 is 2.00 bits per heavy atom. The third-order valence-corrected chi connectivity index (χ3v) is 4.02. The summed E-state index contributed by atoms with van der Waals surface area (Å²) in [6.07, 6.45) is -0.270. The second-order valence-electron chi connectivity index (χ2n) is 7.17. The Labute approximate surface area is 147 Å². The number of hydrogen-bond acceptors (Lipinski definition) is 4. The molecule has 0 aromatic heterocycles. The van der Waals surface area contributed by atoms with Crippen molar-refractivity contribution in [1.82, 2.24) is 9.80 Å². The van der Waals surface area contributed by atoms with Gasteiger partial charge in [-0.2, -0.15) is 0 Å². The number of rotatable bonds is 6. The molecule has 1 saturated heterocycles. The zero-order valence-electron chi connectivity index (χ0n) is 15.2. The van der Waals surface area contributed by atoms with Crippen LogP contribution in [0.3, 0.4) is 0 Å². The van der Waals surface area contributed by atoms with Gasteiger partial charge in [-0.15, -0.1) is 0 Å². The summed E-state index contributed by atoms with van der Waals surface area (Å²) in [5.74, 6) is -1.22. The molecule has 7 heteroatoms. The fraction of sp³-hybridized carbons (Fsp3) is 0.611. The topological polar surface area (TPSA) is 42.0 Å². The predicted molar refractivity (Wildman–Crippen MR) is 90.1 cm³/mol. The average Bonchev–Trinajstić information content (AvgIpc) is 2.49. The smallest absolute Gasteiger partial charge is 0.248 e. The molecule has 5 nitrogen and oxygen atoms in total. The largest absolute Gasteiger partial charge is 0.369 e. The van der Waals surface area contributed by atoms with Crippen LogP contribution in [0.2, 0.25) is 0 Å². The van der Waals surface area contributed by atoms with Crippen LogP contribution >= 0.6 is 0 Å². The molecule has 1 fully saturated rings. The lowest BCUT2D eigenvalue weighted by Crippen LogP contribution is -2.53. The third-order valence-electron chi connectivity index (χ3n) is 4.02. The maximum atomic E-state index is 13.9. The van der Waals surface area contributed by atoms with E-state index in [4.69, 9.17) is 9.47 Å². The Morgan fingerprint density at radius 1 is 1.36 bits per heavy atom. The van der Waals surface area contributed by atoms with Crippen LogP contribution < -0.4 is 0 Å². The van der Waals surface area contributed by atoms with Crippen LogP contribution in [-0.4, -0.2) is 67.8 Å². The first-order valence-electron chi connectivity index (χ1n) is 8.29. The van der Waals surface area contributed by atoms with Gasteiger partial charge in [0.15, 0.2) is 0 Å². The summed E-state index contributed by atoms with van der Waals surface area (Å²) in [6, 6.07) is 3.88. The number of likely N-dealkylation sites (N-methyl/N-ethyl adjacent to an activating group) is 1. The summed E-state index contributed by atoms with van der Waals surface area (Å²) < 4.78 is 39.2. The average molecular weight is 356 g/mol. The molecule has 0 radical (unpaired) electrons. The Morgan fingerprint density at radius 3 is 2.60 bits per heavy atom. The monoisotopic (exact) mass is 356 g/mol. The van der Waals surface area contributed by atoms with Gasteiger partial charge in [-0.05, 0) is 26.0 Å². The molecule has 1 aliphatic heterocycles. The van der Waals surface area contributed by atoms with E-state index in [0.717, 1.165) is 0 Å². The first kappa shape index (κ1) is 19.8. The lowest BCUT2D eigenvalue weighted by atomic mass is 10.0. The highest BCUT2D eigenvalue weighted by Crippen LogP contribution is 2.24. The van der Waals surface area contributed by atoms with E-state index in [0.29, 0.717) is 13.1 Å². The zero-order valence-corrected chi connectivity index (χ0v) is 15.2. The van der Waals surface area contributed by atoms with Gasteiger partial charge in [-0.3, -0.25) is 9.69 Å². The number of carbonyl (C=O) groups is 1. The molecule has 0 saturated carbocycles. The van der Waals surface area contributed by atoms with Crippen molar-refractivity contribution in [2.24, 2.45) is 0 Å². The minimum Gasteiger partial charge on any atom is -0.369 e. The van der Waals surface area contributed by atoms with E-state index in [1.165, 1.54) is 23.1 Å². The molecule has 0 bridgehead atoms. The van der Waals surface area contributed by atoms with Gasteiger partial charge in [0.2, 0.25) is 5.91 Å².